The van der Waals surface area contributed by atoms with E-state index in [1.54, 1.807) is 6.92 Å². The van der Waals surface area contributed by atoms with Gasteiger partial charge in [0.1, 0.15) is 5.60 Å². The summed E-state index contributed by atoms with van der Waals surface area (Å²) < 4.78 is 1.96. The SMILES string of the molecule is CCNC(=NCc1c(C)nn(-c2ccccc2)c1C)NCC(C)(O)c1ccccc1.I. The van der Waals surface area contributed by atoms with Crippen molar-refractivity contribution in [3.05, 3.63) is 83.2 Å². The van der Waals surface area contributed by atoms with Crippen molar-refractivity contribution in [1.29, 1.82) is 0 Å². The zero-order valence-electron chi connectivity index (χ0n) is 18.6. The van der Waals surface area contributed by atoms with Crippen LogP contribution in [0.3, 0.4) is 0 Å². The number of para-hydroxylation sites is 1. The third-order valence-electron chi connectivity index (χ3n) is 5.18. The lowest BCUT2D eigenvalue weighted by Gasteiger charge is -2.25. The number of hydrogen-bond acceptors (Lipinski definition) is 3. The molecule has 1 aromatic heterocycles. The number of aryl methyl sites for hydroxylation is 1. The van der Waals surface area contributed by atoms with Crippen molar-refractivity contribution < 1.29 is 5.11 Å². The molecule has 0 radical (unpaired) electrons. The van der Waals surface area contributed by atoms with E-state index in [2.05, 4.69) is 17.6 Å². The van der Waals surface area contributed by atoms with Gasteiger partial charge >= 0.3 is 0 Å². The molecule has 3 rings (SSSR count). The van der Waals surface area contributed by atoms with Crippen LogP contribution in [0.2, 0.25) is 0 Å². The molecule has 3 aromatic rings. The fourth-order valence-electron chi connectivity index (χ4n) is 3.38. The fraction of sp³-hybridized carbons (Fsp3) is 0.333. The van der Waals surface area contributed by atoms with Gasteiger partial charge in [0.15, 0.2) is 5.96 Å². The van der Waals surface area contributed by atoms with E-state index < -0.39 is 5.60 Å². The lowest BCUT2D eigenvalue weighted by Crippen LogP contribution is -2.44. The Hall–Kier alpha value is -2.39. The standard InChI is InChI=1S/C24H31N5O.HI/c1-5-25-23(27-17-24(4,30)20-12-8-6-9-13-20)26-16-22-18(2)28-29(19(22)3)21-14-10-7-11-15-21;/h6-15,30H,5,16-17H2,1-4H3,(H2,25,26,27);1H. The van der Waals surface area contributed by atoms with E-state index in [4.69, 9.17) is 10.1 Å². The van der Waals surface area contributed by atoms with E-state index in [0.29, 0.717) is 19.0 Å². The second kappa shape index (κ2) is 11.3. The lowest BCUT2D eigenvalue weighted by molar-refractivity contribution is 0.0617. The van der Waals surface area contributed by atoms with Crippen molar-refractivity contribution in [2.75, 3.05) is 13.1 Å². The number of rotatable bonds is 7. The summed E-state index contributed by atoms with van der Waals surface area (Å²) in [5, 5.41) is 22.1. The molecule has 0 spiro atoms. The summed E-state index contributed by atoms with van der Waals surface area (Å²) in [5.74, 6) is 0.667. The second-order valence-corrected chi connectivity index (χ2v) is 7.59. The molecule has 0 fully saturated rings. The third-order valence-corrected chi connectivity index (χ3v) is 5.18. The Labute approximate surface area is 201 Å². The maximum Gasteiger partial charge on any atom is 0.191 e. The molecule has 0 aliphatic carbocycles. The molecule has 0 saturated heterocycles. The van der Waals surface area contributed by atoms with Crippen LogP contribution in [0.15, 0.2) is 65.7 Å². The van der Waals surface area contributed by atoms with Gasteiger partial charge in [-0.3, -0.25) is 0 Å². The first-order valence-electron chi connectivity index (χ1n) is 10.3. The molecule has 166 valence electrons. The molecule has 1 unspecified atom stereocenters. The van der Waals surface area contributed by atoms with E-state index >= 15 is 0 Å². The maximum atomic E-state index is 10.8. The molecule has 7 heteroatoms. The summed E-state index contributed by atoms with van der Waals surface area (Å²) in [6.45, 7) is 9.50. The summed E-state index contributed by atoms with van der Waals surface area (Å²) >= 11 is 0. The maximum absolute atomic E-state index is 10.8. The highest BCUT2D eigenvalue weighted by Gasteiger charge is 2.23. The summed E-state index contributed by atoms with van der Waals surface area (Å²) in [4.78, 5) is 4.74. The number of aromatic nitrogens is 2. The van der Waals surface area contributed by atoms with Crippen LogP contribution < -0.4 is 10.6 Å². The van der Waals surface area contributed by atoms with Crippen LogP contribution >= 0.6 is 24.0 Å². The Morgan fingerprint density at radius 2 is 1.65 bits per heavy atom. The van der Waals surface area contributed by atoms with Gasteiger partial charge in [-0.05, 0) is 45.4 Å². The minimum atomic E-state index is -0.999. The van der Waals surface area contributed by atoms with Crippen LogP contribution in [0.4, 0.5) is 0 Å². The first-order chi connectivity index (χ1) is 14.4. The highest BCUT2D eigenvalue weighted by Crippen LogP contribution is 2.20. The molecule has 31 heavy (non-hydrogen) atoms. The van der Waals surface area contributed by atoms with Crippen molar-refractivity contribution in [3.8, 4) is 5.69 Å². The molecule has 6 nitrogen and oxygen atoms in total. The van der Waals surface area contributed by atoms with Crippen molar-refractivity contribution in [2.45, 2.75) is 39.8 Å². The predicted molar refractivity (Wildman–Crippen MR) is 137 cm³/mol. The van der Waals surface area contributed by atoms with Crippen LogP contribution in [0.25, 0.3) is 5.69 Å². The molecule has 0 amide bonds. The fourth-order valence-corrected chi connectivity index (χ4v) is 3.38. The highest BCUT2D eigenvalue weighted by atomic mass is 127. The summed E-state index contributed by atoms with van der Waals surface area (Å²) in [6, 6.07) is 19.8. The Kier molecular flexibility index (Phi) is 9.06. The Bertz CT molecular complexity index is 984. The van der Waals surface area contributed by atoms with Gasteiger partial charge in [-0.2, -0.15) is 5.10 Å². The number of halogens is 1. The van der Waals surface area contributed by atoms with Crippen molar-refractivity contribution in [3.63, 3.8) is 0 Å². The molecular formula is C24H32IN5O. The largest absolute Gasteiger partial charge is 0.384 e. The second-order valence-electron chi connectivity index (χ2n) is 7.59. The molecule has 0 saturated carbocycles. The summed E-state index contributed by atoms with van der Waals surface area (Å²) in [7, 11) is 0. The van der Waals surface area contributed by atoms with Crippen molar-refractivity contribution in [1.82, 2.24) is 20.4 Å². The molecule has 1 atom stereocenters. The Morgan fingerprint density at radius 1 is 1.03 bits per heavy atom. The normalized spacial score (nSPS) is 13.3. The highest BCUT2D eigenvalue weighted by molar-refractivity contribution is 14.0. The van der Waals surface area contributed by atoms with Crippen LogP contribution in [-0.2, 0) is 12.1 Å². The van der Waals surface area contributed by atoms with Gasteiger partial charge in [0, 0.05) is 17.8 Å². The van der Waals surface area contributed by atoms with Crippen LogP contribution in [0.1, 0.15) is 36.4 Å². The monoisotopic (exact) mass is 533 g/mol. The van der Waals surface area contributed by atoms with E-state index in [1.807, 2.05) is 79.2 Å². The van der Waals surface area contributed by atoms with Gasteiger partial charge in [0.2, 0.25) is 0 Å². The zero-order valence-corrected chi connectivity index (χ0v) is 20.9. The molecular weight excluding hydrogens is 501 g/mol. The van der Waals surface area contributed by atoms with Gasteiger partial charge < -0.3 is 15.7 Å². The topological polar surface area (TPSA) is 74.5 Å². The minimum absolute atomic E-state index is 0. The van der Waals surface area contributed by atoms with Gasteiger partial charge in [-0.1, -0.05) is 48.5 Å². The molecule has 3 N–H and O–H groups in total. The number of nitrogens with zero attached hydrogens (tertiary/aromatic N) is 3. The summed E-state index contributed by atoms with van der Waals surface area (Å²) in [6.07, 6.45) is 0. The minimum Gasteiger partial charge on any atom is -0.384 e. The van der Waals surface area contributed by atoms with Crippen LogP contribution in [0, 0.1) is 13.8 Å². The molecule has 0 aliphatic rings. The van der Waals surface area contributed by atoms with Gasteiger partial charge in [0.05, 0.1) is 24.5 Å². The quantitative estimate of drug-likeness (QED) is 0.243. The van der Waals surface area contributed by atoms with Crippen molar-refractivity contribution in [2.24, 2.45) is 4.99 Å². The Morgan fingerprint density at radius 3 is 2.26 bits per heavy atom. The number of benzene rings is 2. The van der Waals surface area contributed by atoms with E-state index in [0.717, 1.165) is 34.7 Å². The van der Waals surface area contributed by atoms with Crippen LogP contribution in [0.5, 0.6) is 0 Å². The molecule has 1 heterocycles. The average Bonchev–Trinajstić information content (AvgIpc) is 3.05. The number of hydrogen-bond donors (Lipinski definition) is 3. The first kappa shape index (κ1) is 24.9. The third kappa shape index (κ3) is 6.30. The first-order valence-corrected chi connectivity index (χ1v) is 10.3. The van der Waals surface area contributed by atoms with Crippen LogP contribution in [-0.4, -0.2) is 33.9 Å². The lowest BCUT2D eigenvalue weighted by atomic mass is 9.96. The van der Waals surface area contributed by atoms with E-state index in [-0.39, 0.29) is 24.0 Å². The smallest absolute Gasteiger partial charge is 0.191 e. The summed E-state index contributed by atoms with van der Waals surface area (Å²) in [5.41, 5.74) is 4.05. The van der Waals surface area contributed by atoms with E-state index in [9.17, 15) is 5.11 Å². The zero-order chi connectivity index (χ0) is 21.6. The van der Waals surface area contributed by atoms with Gasteiger partial charge in [0.25, 0.3) is 0 Å². The molecule has 0 aliphatic heterocycles. The average molecular weight is 533 g/mol. The molecule has 2 aromatic carbocycles. The van der Waals surface area contributed by atoms with Gasteiger partial charge in [-0.15, -0.1) is 24.0 Å². The van der Waals surface area contributed by atoms with Crippen molar-refractivity contribution >= 4 is 29.9 Å². The van der Waals surface area contributed by atoms with E-state index in [1.165, 1.54) is 0 Å². The number of guanidine groups is 1. The number of nitrogens with one attached hydrogen (secondary N) is 2. The number of aliphatic imine (C=N–C) groups is 1. The predicted octanol–water partition coefficient (Wildman–Crippen LogP) is 4.07. The molecule has 0 bridgehead atoms. The van der Waals surface area contributed by atoms with Gasteiger partial charge in [-0.25, -0.2) is 9.67 Å². The Balaban J connectivity index is 0.00000341. The number of aliphatic hydroxyl groups is 1.